The third-order valence-electron chi connectivity index (χ3n) is 2.83. The Hall–Kier alpha value is -2.37. The van der Waals surface area contributed by atoms with E-state index in [1.54, 1.807) is 17.1 Å². The van der Waals surface area contributed by atoms with Crippen molar-refractivity contribution >= 4 is 5.91 Å². The molecule has 1 heterocycles. The van der Waals surface area contributed by atoms with E-state index in [2.05, 4.69) is 5.10 Å². The van der Waals surface area contributed by atoms with E-state index < -0.39 is 11.7 Å². The third-order valence-corrected chi connectivity index (χ3v) is 2.83. The molecule has 1 amide bonds. The molecule has 106 valence electrons. The van der Waals surface area contributed by atoms with Crippen LogP contribution in [0.25, 0.3) is 0 Å². The van der Waals surface area contributed by atoms with Gasteiger partial charge in [0.25, 0.3) is 0 Å². The first kappa shape index (κ1) is 14.0. The lowest BCUT2D eigenvalue weighted by molar-refractivity contribution is 0.1000. The highest BCUT2D eigenvalue weighted by molar-refractivity contribution is 5.92. The lowest BCUT2D eigenvalue weighted by Gasteiger charge is -2.07. The smallest absolute Gasteiger partial charge is 0.248 e. The maximum atomic E-state index is 13.6. The van der Waals surface area contributed by atoms with Gasteiger partial charge in [0.1, 0.15) is 12.4 Å². The number of carbonyl (C=O) groups excluding carboxylic acids is 1. The van der Waals surface area contributed by atoms with Gasteiger partial charge >= 0.3 is 0 Å². The Morgan fingerprint density at radius 1 is 1.50 bits per heavy atom. The van der Waals surface area contributed by atoms with Crippen molar-refractivity contribution in [1.29, 1.82) is 0 Å². The number of hydrogen-bond donors (Lipinski definition) is 1. The molecule has 2 rings (SSSR count). The van der Waals surface area contributed by atoms with Gasteiger partial charge in [-0.05, 0) is 32.0 Å². The van der Waals surface area contributed by atoms with Gasteiger partial charge in [-0.1, -0.05) is 0 Å². The van der Waals surface area contributed by atoms with Gasteiger partial charge in [-0.25, -0.2) is 4.39 Å². The zero-order valence-electron chi connectivity index (χ0n) is 11.3. The van der Waals surface area contributed by atoms with Gasteiger partial charge in [0.2, 0.25) is 5.91 Å². The standard InChI is InChI=1S/C14H16FN3O2/c1-9(2)18-7-12(6-17-18)20-8-11-5-10(14(16)19)3-4-13(11)15/h3-7,9H,8H2,1-2H3,(H2,16,19). The van der Waals surface area contributed by atoms with Crippen LogP contribution in [-0.2, 0) is 6.61 Å². The Morgan fingerprint density at radius 3 is 2.85 bits per heavy atom. The number of nitrogens with two attached hydrogens (primary N) is 1. The predicted molar refractivity (Wildman–Crippen MR) is 71.9 cm³/mol. The summed E-state index contributed by atoms with van der Waals surface area (Å²) in [5.41, 5.74) is 5.69. The molecule has 2 N–H and O–H groups in total. The van der Waals surface area contributed by atoms with Crippen LogP contribution < -0.4 is 10.5 Å². The fourth-order valence-corrected chi connectivity index (χ4v) is 1.68. The second kappa shape index (κ2) is 5.73. The summed E-state index contributed by atoms with van der Waals surface area (Å²) in [5.74, 6) is -0.493. The molecular weight excluding hydrogens is 261 g/mol. The zero-order valence-corrected chi connectivity index (χ0v) is 11.3. The molecule has 0 bridgehead atoms. The third kappa shape index (κ3) is 3.14. The van der Waals surface area contributed by atoms with Gasteiger partial charge in [-0.15, -0.1) is 0 Å². The van der Waals surface area contributed by atoms with Crippen LogP contribution in [0.5, 0.6) is 5.75 Å². The molecule has 0 radical (unpaired) electrons. The minimum atomic E-state index is -0.598. The molecule has 5 nitrogen and oxygen atoms in total. The van der Waals surface area contributed by atoms with Crippen molar-refractivity contribution < 1.29 is 13.9 Å². The van der Waals surface area contributed by atoms with E-state index in [-0.39, 0.29) is 23.8 Å². The van der Waals surface area contributed by atoms with E-state index in [9.17, 15) is 9.18 Å². The fourth-order valence-electron chi connectivity index (χ4n) is 1.68. The summed E-state index contributed by atoms with van der Waals surface area (Å²) in [6.07, 6.45) is 3.30. The largest absolute Gasteiger partial charge is 0.486 e. The first-order valence-electron chi connectivity index (χ1n) is 6.22. The summed E-state index contributed by atoms with van der Waals surface area (Å²) in [4.78, 5) is 11.1. The number of ether oxygens (including phenoxy) is 1. The van der Waals surface area contributed by atoms with E-state index in [0.717, 1.165) is 0 Å². The van der Waals surface area contributed by atoms with E-state index in [4.69, 9.17) is 10.5 Å². The average Bonchev–Trinajstić information content (AvgIpc) is 2.86. The predicted octanol–water partition coefficient (Wildman–Crippen LogP) is 2.28. The van der Waals surface area contributed by atoms with Crippen molar-refractivity contribution in [2.24, 2.45) is 5.73 Å². The van der Waals surface area contributed by atoms with Crippen molar-refractivity contribution in [2.75, 3.05) is 0 Å². The molecule has 1 aromatic heterocycles. The van der Waals surface area contributed by atoms with E-state index in [1.165, 1.54) is 18.2 Å². The number of amides is 1. The average molecular weight is 277 g/mol. The van der Waals surface area contributed by atoms with Crippen molar-refractivity contribution in [3.05, 3.63) is 47.5 Å². The van der Waals surface area contributed by atoms with E-state index in [0.29, 0.717) is 5.75 Å². The molecule has 0 aliphatic heterocycles. The first-order chi connectivity index (χ1) is 9.47. The van der Waals surface area contributed by atoms with Crippen molar-refractivity contribution in [1.82, 2.24) is 9.78 Å². The van der Waals surface area contributed by atoms with Crippen LogP contribution in [-0.4, -0.2) is 15.7 Å². The van der Waals surface area contributed by atoms with Crippen molar-refractivity contribution in [3.8, 4) is 5.75 Å². The van der Waals surface area contributed by atoms with Crippen LogP contribution >= 0.6 is 0 Å². The highest BCUT2D eigenvalue weighted by Crippen LogP contribution is 2.16. The van der Waals surface area contributed by atoms with Crippen LogP contribution in [0.15, 0.2) is 30.6 Å². The molecule has 2 aromatic rings. The van der Waals surface area contributed by atoms with Gasteiger partial charge in [0, 0.05) is 17.2 Å². The SMILES string of the molecule is CC(C)n1cc(OCc2cc(C(N)=O)ccc2F)cn1. The van der Waals surface area contributed by atoms with Crippen molar-refractivity contribution in [2.45, 2.75) is 26.5 Å². The molecule has 0 saturated heterocycles. The summed E-state index contributed by atoms with van der Waals surface area (Å²) < 4.78 is 20.8. The van der Waals surface area contributed by atoms with Crippen molar-refractivity contribution in [3.63, 3.8) is 0 Å². The number of halogens is 1. The topological polar surface area (TPSA) is 70.1 Å². The van der Waals surface area contributed by atoms with Crippen LogP contribution in [0.2, 0.25) is 0 Å². The Balaban J connectivity index is 2.09. The molecule has 0 unspecified atom stereocenters. The van der Waals surface area contributed by atoms with Crippen LogP contribution in [0.4, 0.5) is 4.39 Å². The molecule has 6 heteroatoms. The summed E-state index contributed by atoms with van der Waals surface area (Å²) in [7, 11) is 0. The Bertz CT molecular complexity index is 623. The maximum absolute atomic E-state index is 13.6. The molecule has 0 aliphatic rings. The Kier molecular flexibility index (Phi) is 4.02. The molecule has 0 spiro atoms. The molecular formula is C14H16FN3O2. The summed E-state index contributed by atoms with van der Waals surface area (Å²) in [6.45, 7) is 4.00. The highest BCUT2D eigenvalue weighted by Gasteiger charge is 2.09. The molecule has 20 heavy (non-hydrogen) atoms. The lowest BCUT2D eigenvalue weighted by atomic mass is 10.1. The second-order valence-electron chi connectivity index (χ2n) is 4.71. The number of benzene rings is 1. The van der Waals surface area contributed by atoms with E-state index in [1.807, 2.05) is 13.8 Å². The maximum Gasteiger partial charge on any atom is 0.248 e. The van der Waals surface area contributed by atoms with Gasteiger partial charge in [-0.3, -0.25) is 9.48 Å². The minimum Gasteiger partial charge on any atom is -0.486 e. The van der Waals surface area contributed by atoms with Crippen LogP contribution in [0.3, 0.4) is 0 Å². The van der Waals surface area contributed by atoms with Gasteiger partial charge in [0.15, 0.2) is 5.75 Å². The second-order valence-corrected chi connectivity index (χ2v) is 4.71. The zero-order chi connectivity index (χ0) is 14.7. The molecule has 0 aliphatic carbocycles. The van der Waals surface area contributed by atoms with Crippen LogP contribution in [0.1, 0.15) is 35.8 Å². The van der Waals surface area contributed by atoms with Gasteiger partial charge in [-0.2, -0.15) is 5.10 Å². The number of carbonyl (C=O) groups is 1. The number of aromatic nitrogens is 2. The number of primary amides is 1. The minimum absolute atomic E-state index is 0.0107. The fraction of sp³-hybridized carbons (Fsp3) is 0.286. The Labute approximate surface area is 116 Å². The van der Waals surface area contributed by atoms with Gasteiger partial charge in [0.05, 0.1) is 12.4 Å². The summed E-state index contributed by atoms with van der Waals surface area (Å²) in [5, 5.41) is 4.12. The first-order valence-corrected chi connectivity index (χ1v) is 6.22. The molecule has 0 atom stereocenters. The summed E-state index contributed by atoms with van der Waals surface area (Å²) in [6, 6.07) is 4.17. The number of nitrogens with zero attached hydrogens (tertiary/aromatic N) is 2. The van der Waals surface area contributed by atoms with E-state index >= 15 is 0 Å². The number of rotatable bonds is 5. The lowest BCUT2D eigenvalue weighted by Crippen LogP contribution is -2.12. The van der Waals surface area contributed by atoms with Gasteiger partial charge < -0.3 is 10.5 Å². The highest BCUT2D eigenvalue weighted by atomic mass is 19.1. The quantitative estimate of drug-likeness (QED) is 0.911. The van der Waals surface area contributed by atoms with Crippen LogP contribution in [0, 0.1) is 5.82 Å². The normalized spacial score (nSPS) is 10.8. The summed E-state index contributed by atoms with van der Waals surface area (Å²) >= 11 is 0. The molecule has 1 aromatic carbocycles. The number of hydrogen-bond acceptors (Lipinski definition) is 3. The molecule has 0 saturated carbocycles. The monoisotopic (exact) mass is 277 g/mol. The molecule has 0 fully saturated rings. The Morgan fingerprint density at radius 2 is 2.25 bits per heavy atom.